The zero-order valence-corrected chi connectivity index (χ0v) is 19.7. The highest BCUT2D eigenvalue weighted by Gasteiger charge is 2.27. The Morgan fingerprint density at radius 1 is 1.00 bits per heavy atom. The minimum absolute atomic E-state index is 0.207. The first-order valence-electron chi connectivity index (χ1n) is 11.3. The fourth-order valence-electron chi connectivity index (χ4n) is 4.58. The molecule has 2 aromatic heterocycles. The molecule has 1 fully saturated rings. The van der Waals surface area contributed by atoms with E-state index in [4.69, 9.17) is 13.9 Å². The third-order valence-corrected chi connectivity index (χ3v) is 6.92. The summed E-state index contributed by atoms with van der Waals surface area (Å²) in [5, 5.41) is 13.3. The molecule has 0 atom stereocenters. The highest BCUT2D eigenvalue weighted by atomic mass is 16.4. The van der Waals surface area contributed by atoms with Gasteiger partial charge >= 0.3 is 11.6 Å². The SMILES string of the molecule is Cc1oc2c(C)c3oc(=O)c(CC(=O)NCC(=O)N4CCC(C(=O)O)CC4)c(C)c3cc2c1C. The molecular formula is C25H28N2O7. The molecule has 4 rings (SSSR count). The number of rotatable bonds is 5. The van der Waals surface area contributed by atoms with E-state index < -0.39 is 23.4 Å². The van der Waals surface area contributed by atoms with Gasteiger partial charge in [-0.2, -0.15) is 0 Å². The smallest absolute Gasteiger partial charge is 0.340 e. The van der Waals surface area contributed by atoms with Crippen molar-refractivity contribution in [1.82, 2.24) is 10.2 Å². The van der Waals surface area contributed by atoms with Crippen molar-refractivity contribution in [1.29, 1.82) is 0 Å². The molecule has 0 saturated carbocycles. The normalized spacial score (nSPS) is 14.6. The van der Waals surface area contributed by atoms with E-state index in [0.717, 1.165) is 27.7 Å². The van der Waals surface area contributed by atoms with Gasteiger partial charge in [-0.1, -0.05) is 0 Å². The van der Waals surface area contributed by atoms with Crippen LogP contribution >= 0.6 is 0 Å². The number of carbonyl (C=O) groups excluding carboxylic acids is 2. The van der Waals surface area contributed by atoms with Gasteiger partial charge in [0.25, 0.3) is 0 Å². The fraction of sp³-hybridized carbons (Fsp3) is 0.440. The number of carboxylic acid groups (broad SMARTS) is 1. The molecule has 9 nitrogen and oxygen atoms in total. The van der Waals surface area contributed by atoms with E-state index in [9.17, 15) is 19.2 Å². The summed E-state index contributed by atoms with van der Waals surface area (Å²) >= 11 is 0. The molecule has 0 bridgehead atoms. The molecule has 2 N–H and O–H groups in total. The Balaban J connectivity index is 1.49. The zero-order valence-electron chi connectivity index (χ0n) is 19.7. The van der Waals surface area contributed by atoms with E-state index in [1.807, 2.05) is 26.8 Å². The molecule has 1 aliphatic rings. The Hall–Kier alpha value is -3.62. The van der Waals surface area contributed by atoms with Gasteiger partial charge in [-0.05, 0) is 57.7 Å². The molecule has 0 spiro atoms. The van der Waals surface area contributed by atoms with Crippen LogP contribution in [-0.4, -0.2) is 47.4 Å². The molecule has 3 heterocycles. The van der Waals surface area contributed by atoms with Gasteiger partial charge in [-0.25, -0.2) is 4.79 Å². The van der Waals surface area contributed by atoms with E-state index in [0.29, 0.717) is 42.7 Å². The summed E-state index contributed by atoms with van der Waals surface area (Å²) < 4.78 is 11.4. The van der Waals surface area contributed by atoms with Gasteiger partial charge < -0.3 is 24.2 Å². The highest BCUT2D eigenvalue weighted by Crippen LogP contribution is 2.34. The molecule has 0 aliphatic carbocycles. The average molecular weight is 469 g/mol. The monoisotopic (exact) mass is 468 g/mol. The third kappa shape index (κ3) is 4.18. The Kier molecular flexibility index (Phi) is 6.20. The van der Waals surface area contributed by atoms with Crippen LogP contribution in [0.3, 0.4) is 0 Å². The lowest BCUT2D eigenvalue weighted by Gasteiger charge is -2.30. The van der Waals surface area contributed by atoms with Crippen molar-refractivity contribution in [3.05, 3.63) is 44.5 Å². The topological polar surface area (TPSA) is 130 Å². The number of fused-ring (bicyclic) bond motifs is 2. The predicted molar refractivity (Wildman–Crippen MR) is 125 cm³/mol. The van der Waals surface area contributed by atoms with Gasteiger partial charge in [0.2, 0.25) is 11.8 Å². The van der Waals surface area contributed by atoms with Crippen molar-refractivity contribution in [2.45, 2.75) is 47.0 Å². The number of nitrogens with zero attached hydrogens (tertiary/aromatic N) is 1. The molecular weight excluding hydrogens is 440 g/mol. The van der Waals surface area contributed by atoms with Gasteiger partial charge in [0.05, 0.1) is 24.4 Å². The Morgan fingerprint density at radius 3 is 2.26 bits per heavy atom. The first-order valence-corrected chi connectivity index (χ1v) is 11.3. The van der Waals surface area contributed by atoms with Gasteiger partial charge in [0.15, 0.2) is 0 Å². The number of hydrogen-bond acceptors (Lipinski definition) is 6. The minimum atomic E-state index is -0.848. The summed E-state index contributed by atoms with van der Waals surface area (Å²) in [7, 11) is 0. The lowest BCUT2D eigenvalue weighted by molar-refractivity contribution is -0.145. The maximum Gasteiger partial charge on any atom is 0.340 e. The van der Waals surface area contributed by atoms with Gasteiger partial charge in [0, 0.05) is 29.4 Å². The molecule has 34 heavy (non-hydrogen) atoms. The quantitative estimate of drug-likeness (QED) is 0.551. The first-order chi connectivity index (χ1) is 16.1. The number of nitrogens with one attached hydrogen (secondary N) is 1. The van der Waals surface area contributed by atoms with Crippen molar-refractivity contribution in [3.63, 3.8) is 0 Å². The Bertz CT molecular complexity index is 1370. The van der Waals surface area contributed by atoms with Crippen LogP contribution in [0.25, 0.3) is 21.9 Å². The molecule has 2 amide bonds. The predicted octanol–water partition coefficient (Wildman–Crippen LogP) is 2.75. The lowest BCUT2D eigenvalue weighted by atomic mass is 9.97. The molecule has 0 unspecified atom stereocenters. The molecule has 3 aromatic rings. The van der Waals surface area contributed by atoms with Gasteiger partial charge in [-0.15, -0.1) is 0 Å². The number of amides is 2. The number of piperidine rings is 1. The molecule has 9 heteroatoms. The largest absolute Gasteiger partial charge is 0.481 e. The number of likely N-dealkylation sites (tertiary alicyclic amines) is 1. The van der Waals surface area contributed by atoms with Crippen molar-refractivity contribution >= 4 is 39.7 Å². The van der Waals surface area contributed by atoms with Crippen LogP contribution in [0.1, 0.15) is 40.9 Å². The Labute approximate surface area is 195 Å². The summed E-state index contributed by atoms with van der Waals surface area (Å²) in [5.41, 5.74) is 3.18. The van der Waals surface area contributed by atoms with E-state index >= 15 is 0 Å². The molecule has 1 aliphatic heterocycles. The standard InChI is InChI=1S/C25H28N2O7/c1-12-15(4)33-22-14(3)23-18(9-17(12)22)13(2)19(25(32)34-23)10-20(28)26-11-21(29)27-7-5-16(6-8-27)24(30)31/h9,16H,5-8,10-11H2,1-4H3,(H,26,28)(H,30,31). The summed E-state index contributed by atoms with van der Waals surface area (Å²) in [6, 6.07) is 1.92. The number of benzene rings is 1. The second-order valence-electron chi connectivity index (χ2n) is 8.98. The number of furan rings is 1. The average Bonchev–Trinajstić information content (AvgIpc) is 3.10. The molecule has 1 aromatic carbocycles. The van der Waals surface area contributed by atoms with Gasteiger partial charge in [0.1, 0.15) is 16.9 Å². The number of aliphatic carboxylic acids is 1. The second kappa shape index (κ2) is 8.96. The summed E-state index contributed by atoms with van der Waals surface area (Å²) in [5.74, 6) is -1.22. The summed E-state index contributed by atoms with van der Waals surface area (Å²) in [6.07, 6.45) is 0.586. The number of aryl methyl sites for hydroxylation is 4. The second-order valence-corrected chi connectivity index (χ2v) is 8.98. The minimum Gasteiger partial charge on any atom is -0.481 e. The lowest BCUT2D eigenvalue weighted by Crippen LogP contribution is -2.45. The number of carbonyl (C=O) groups is 3. The summed E-state index contributed by atoms with van der Waals surface area (Å²) in [6.45, 7) is 7.96. The van der Waals surface area contributed by atoms with Crippen molar-refractivity contribution in [2.75, 3.05) is 19.6 Å². The van der Waals surface area contributed by atoms with Crippen molar-refractivity contribution in [3.8, 4) is 0 Å². The van der Waals surface area contributed by atoms with E-state index in [-0.39, 0.29) is 24.4 Å². The maximum absolute atomic E-state index is 12.7. The summed E-state index contributed by atoms with van der Waals surface area (Å²) in [4.78, 5) is 50.3. The number of carboxylic acids is 1. The van der Waals surface area contributed by atoms with Crippen LogP contribution in [0.4, 0.5) is 0 Å². The third-order valence-electron chi connectivity index (χ3n) is 6.92. The first kappa shape index (κ1) is 23.5. The van der Waals surface area contributed by atoms with Crippen LogP contribution in [0.5, 0.6) is 0 Å². The fourth-order valence-corrected chi connectivity index (χ4v) is 4.58. The van der Waals surface area contributed by atoms with Crippen LogP contribution < -0.4 is 10.9 Å². The zero-order chi connectivity index (χ0) is 24.7. The van der Waals surface area contributed by atoms with E-state index in [1.54, 1.807) is 11.8 Å². The van der Waals surface area contributed by atoms with Gasteiger partial charge in [-0.3, -0.25) is 14.4 Å². The van der Waals surface area contributed by atoms with Crippen LogP contribution in [0.15, 0.2) is 19.7 Å². The van der Waals surface area contributed by atoms with Crippen LogP contribution in [0, 0.1) is 33.6 Å². The van der Waals surface area contributed by atoms with E-state index in [1.165, 1.54) is 0 Å². The van der Waals surface area contributed by atoms with Crippen molar-refractivity contribution in [2.24, 2.45) is 5.92 Å². The molecule has 0 radical (unpaired) electrons. The highest BCUT2D eigenvalue weighted by molar-refractivity contribution is 6.00. The number of hydrogen-bond donors (Lipinski definition) is 2. The molecule has 180 valence electrons. The maximum atomic E-state index is 12.7. The van der Waals surface area contributed by atoms with E-state index in [2.05, 4.69) is 5.32 Å². The van der Waals surface area contributed by atoms with Crippen LogP contribution in [0.2, 0.25) is 0 Å². The van der Waals surface area contributed by atoms with Crippen molar-refractivity contribution < 1.29 is 28.3 Å². The molecule has 1 saturated heterocycles. The Morgan fingerprint density at radius 2 is 1.62 bits per heavy atom. The van der Waals surface area contributed by atoms with Crippen LogP contribution in [-0.2, 0) is 20.8 Å².